The molecule has 0 heterocycles. The van der Waals surface area contributed by atoms with E-state index in [0.29, 0.717) is 0 Å². The molecule has 0 bridgehead atoms. The van der Waals surface area contributed by atoms with Crippen LogP contribution in [0.1, 0.15) is 45.7 Å². The minimum Gasteiger partial charge on any atom is -0.183 e. The Morgan fingerprint density at radius 2 is 1.33 bits per heavy atom. The summed E-state index contributed by atoms with van der Waals surface area (Å²) >= 11 is 0. The molecule has 0 aliphatic heterocycles. The topological polar surface area (TPSA) is 0 Å². The molecule has 0 amide bonds. The van der Waals surface area contributed by atoms with Crippen LogP contribution in [0.25, 0.3) is 0 Å². The van der Waals surface area contributed by atoms with Crippen molar-refractivity contribution in [2.45, 2.75) is 51.6 Å². The summed E-state index contributed by atoms with van der Waals surface area (Å²) in [5.74, 6) is 0. The van der Waals surface area contributed by atoms with E-state index in [9.17, 15) is 13.2 Å². The maximum atomic E-state index is 12.9. The third-order valence-electron chi connectivity index (χ3n) is 3.09. The van der Waals surface area contributed by atoms with Crippen LogP contribution in [-0.2, 0) is 43.5 Å². The molecule has 0 aliphatic carbocycles. The van der Waals surface area contributed by atoms with Crippen molar-refractivity contribution in [3.05, 3.63) is 35.4 Å². The average molecular weight is 332 g/mol. The summed E-state index contributed by atoms with van der Waals surface area (Å²) in [5.41, 5.74) is -0.886. The fraction of sp³-hybridized carbons (Fsp3) is 0.571. The molecule has 4 heteroatoms. The zero-order valence-electron chi connectivity index (χ0n) is 11.4. The van der Waals surface area contributed by atoms with Gasteiger partial charge in [0.1, 0.15) is 0 Å². The van der Waals surface area contributed by atoms with Crippen LogP contribution in [-0.4, -0.2) is 6.18 Å². The second-order valence-electron chi connectivity index (χ2n) is 5.88. The molecule has 0 spiro atoms. The Kier molecular flexibility index (Phi) is 5.66. The fourth-order valence-electron chi connectivity index (χ4n) is 1.43. The summed E-state index contributed by atoms with van der Waals surface area (Å²) in [6.07, 6.45) is -4.25. The summed E-state index contributed by atoms with van der Waals surface area (Å²) in [7, 11) is 0. The molecule has 0 nitrogen and oxygen atoms in total. The van der Waals surface area contributed by atoms with Gasteiger partial charge in [-0.25, -0.2) is 0 Å². The first-order valence-corrected chi connectivity index (χ1v) is 5.55. The summed E-state index contributed by atoms with van der Waals surface area (Å²) in [6.45, 7) is 8.31. The predicted octanol–water partition coefficient (Wildman–Crippen LogP) is 4.62. The third-order valence-corrected chi connectivity index (χ3v) is 3.09. The van der Waals surface area contributed by atoms with Crippen molar-refractivity contribution in [3.8, 4) is 0 Å². The Balaban J connectivity index is 0.00000289. The molecule has 1 rings (SSSR count). The van der Waals surface area contributed by atoms with E-state index in [-0.39, 0.29) is 43.7 Å². The zero-order valence-corrected chi connectivity index (χ0v) is 14.3. The largest absolute Gasteiger partial charge is 0.387 e. The molecular formula is C14H18F3Y-. The Morgan fingerprint density at radius 3 is 1.72 bits per heavy atom. The number of rotatable bonds is 1. The van der Waals surface area contributed by atoms with Gasteiger partial charge in [0.25, 0.3) is 0 Å². The molecule has 1 aromatic rings. The van der Waals surface area contributed by atoms with Crippen LogP contribution in [0.5, 0.6) is 0 Å². The number of hydrogen-bond acceptors (Lipinski definition) is 0. The maximum Gasteiger partial charge on any atom is 0.387 e. The van der Waals surface area contributed by atoms with Crippen molar-refractivity contribution in [1.29, 1.82) is 0 Å². The summed E-state index contributed by atoms with van der Waals surface area (Å²) in [6, 6.07) is 7.61. The number of alkyl halides is 3. The van der Waals surface area contributed by atoms with Crippen molar-refractivity contribution < 1.29 is 45.9 Å². The normalized spacial score (nSPS) is 13.1. The minimum atomic E-state index is -4.25. The van der Waals surface area contributed by atoms with E-state index < -0.39 is 11.6 Å². The van der Waals surface area contributed by atoms with Gasteiger partial charge in [0.15, 0.2) is 0 Å². The molecular weight excluding hydrogens is 314 g/mol. The van der Waals surface area contributed by atoms with Gasteiger partial charge in [0, 0.05) is 38.1 Å². The number of halogens is 3. The van der Waals surface area contributed by atoms with Crippen LogP contribution in [0.2, 0.25) is 0 Å². The van der Waals surface area contributed by atoms with Crippen molar-refractivity contribution in [2.24, 2.45) is 0 Å². The van der Waals surface area contributed by atoms with E-state index in [1.165, 1.54) is 19.9 Å². The van der Waals surface area contributed by atoms with Gasteiger partial charge in [-0.2, -0.15) is 43.0 Å². The van der Waals surface area contributed by atoms with E-state index in [0.717, 1.165) is 5.56 Å². The van der Waals surface area contributed by atoms with Gasteiger partial charge in [-0.15, -0.1) is 5.56 Å². The van der Waals surface area contributed by atoms with Crippen LogP contribution in [0.4, 0.5) is 13.2 Å². The molecule has 0 saturated heterocycles. The Hall–Kier alpha value is 0.114. The SMILES string of the molecule is CC(C)(C)c1c[c-]cc(C(C)(C)C(F)(F)F)c1.[Y]. The summed E-state index contributed by atoms with van der Waals surface area (Å²) in [4.78, 5) is 0. The second-order valence-corrected chi connectivity index (χ2v) is 5.88. The van der Waals surface area contributed by atoms with Crippen molar-refractivity contribution in [2.75, 3.05) is 0 Å². The molecule has 0 aromatic heterocycles. The zero-order chi connectivity index (χ0) is 13.5. The maximum absolute atomic E-state index is 12.9. The second kappa shape index (κ2) is 5.62. The van der Waals surface area contributed by atoms with Crippen molar-refractivity contribution >= 4 is 0 Å². The summed E-state index contributed by atoms with van der Waals surface area (Å²) in [5, 5.41) is 0. The first kappa shape index (κ1) is 18.1. The molecule has 99 valence electrons. The van der Waals surface area contributed by atoms with Crippen LogP contribution >= 0.6 is 0 Å². The van der Waals surface area contributed by atoms with Gasteiger partial charge in [0.05, 0.1) is 0 Å². The molecule has 0 atom stereocenters. The third kappa shape index (κ3) is 3.80. The first-order valence-electron chi connectivity index (χ1n) is 5.55. The van der Waals surface area contributed by atoms with Crippen molar-refractivity contribution in [3.63, 3.8) is 0 Å². The number of benzene rings is 1. The Morgan fingerprint density at radius 1 is 0.889 bits per heavy atom. The average Bonchev–Trinajstić information content (AvgIpc) is 2.15. The Bertz CT molecular complexity index is 400. The standard InChI is InChI=1S/C14H18F3.Y/c1-12(2,3)10-7-6-8-11(9-10)13(4,5)14(15,16)17;/h7-9H,1-5H3;/q-1;. The summed E-state index contributed by atoms with van der Waals surface area (Å²) < 4.78 is 38.8. The van der Waals surface area contributed by atoms with Crippen LogP contribution in [0.3, 0.4) is 0 Å². The van der Waals surface area contributed by atoms with E-state index >= 15 is 0 Å². The minimum absolute atomic E-state index is 0. The predicted molar refractivity (Wildman–Crippen MR) is 63.1 cm³/mol. The fourth-order valence-corrected chi connectivity index (χ4v) is 1.43. The van der Waals surface area contributed by atoms with Gasteiger partial charge in [-0.05, 0) is 0 Å². The van der Waals surface area contributed by atoms with Gasteiger partial charge in [0.2, 0.25) is 0 Å². The van der Waals surface area contributed by atoms with Gasteiger partial charge < -0.3 is 0 Å². The molecule has 0 unspecified atom stereocenters. The molecule has 0 fully saturated rings. The molecule has 0 aliphatic rings. The number of hydrogen-bond donors (Lipinski definition) is 0. The van der Waals surface area contributed by atoms with Crippen LogP contribution in [0.15, 0.2) is 18.2 Å². The van der Waals surface area contributed by atoms with Crippen molar-refractivity contribution in [1.82, 2.24) is 0 Å². The van der Waals surface area contributed by atoms with Gasteiger partial charge in [-0.1, -0.05) is 40.0 Å². The van der Waals surface area contributed by atoms with Crippen LogP contribution < -0.4 is 0 Å². The molecule has 1 radical (unpaired) electrons. The quantitative estimate of drug-likeness (QED) is 0.658. The van der Waals surface area contributed by atoms with Crippen LogP contribution in [0, 0.1) is 6.07 Å². The molecule has 0 N–H and O–H groups in total. The monoisotopic (exact) mass is 332 g/mol. The molecule has 0 saturated carbocycles. The van der Waals surface area contributed by atoms with E-state index in [4.69, 9.17) is 0 Å². The molecule has 18 heavy (non-hydrogen) atoms. The van der Waals surface area contributed by atoms with E-state index in [2.05, 4.69) is 6.07 Å². The van der Waals surface area contributed by atoms with E-state index in [1.54, 1.807) is 12.1 Å². The van der Waals surface area contributed by atoms with Gasteiger partial charge >= 0.3 is 6.18 Å². The first-order chi connectivity index (χ1) is 7.46. The Labute approximate surface area is 132 Å². The smallest absolute Gasteiger partial charge is 0.183 e. The van der Waals surface area contributed by atoms with E-state index in [1.807, 2.05) is 20.8 Å². The van der Waals surface area contributed by atoms with Gasteiger partial charge in [-0.3, -0.25) is 0 Å². The molecule has 1 aromatic carbocycles.